The fraction of sp³-hybridized carbons (Fsp3) is 1.00. The molecule has 5 nitrogen and oxygen atoms in total. The highest BCUT2D eigenvalue weighted by molar-refractivity contribution is 7.46. The largest absolute Gasteiger partial charge is 0.486 e. The molecule has 9 heavy (non-hydrogen) atoms. The van der Waals surface area contributed by atoms with Crippen LogP contribution in [-0.2, 0) is 9.19 Å². The van der Waals surface area contributed by atoms with E-state index in [4.69, 9.17) is 9.79 Å². The predicted octanol–water partition coefficient (Wildman–Crippen LogP) is -0.0376. The summed E-state index contributed by atoms with van der Waals surface area (Å²) in [5.74, 6) is 0. The van der Waals surface area contributed by atoms with E-state index in [9.17, 15) is 4.57 Å². The molecule has 0 radical (unpaired) electrons. The zero-order chi connectivity index (χ0) is 7.49. The van der Waals surface area contributed by atoms with Crippen LogP contribution in [0.3, 0.4) is 0 Å². The first-order valence-electron chi connectivity index (χ1n) is 2.42. The fourth-order valence-corrected chi connectivity index (χ4v) is 0.718. The topological polar surface area (TPSA) is 70.0 Å². The quantitative estimate of drug-likeness (QED) is 0.442. The van der Waals surface area contributed by atoms with Gasteiger partial charge in [0.1, 0.15) is 0 Å². The summed E-state index contributed by atoms with van der Waals surface area (Å²) in [5, 5.41) is 1.07. The van der Waals surface area contributed by atoms with Gasteiger partial charge < -0.3 is 9.79 Å². The summed E-state index contributed by atoms with van der Waals surface area (Å²) in [4.78, 5) is 16.3. The molecule has 2 N–H and O–H groups in total. The summed E-state index contributed by atoms with van der Waals surface area (Å²) in [6.07, 6.45) is 0. The third kappa shape index (κ3) is 5.95. The van der Waals surface area contributed by atoms with Gasteiger partial charge in [-0.3, -0.25) is 0 Å². The SMILES string of the molecule is CCN(C)OP(=O)(O)O. The summed E-state index contributed by atoms with van der Waals surface area (Å²) in [6, 6.07) is 0. The maximum Gasteiger partial charge on any atom is 0.486 e. The van der Waals surface area contributed by atoms with E-state index >= 15 is 0 Å². The van der Waals surface area contributed by atoms with E-state index in [0.717, 1.165) is 5.06 Å². The average molecular weight is 155 g/mol. The minimum atomic E-state index is -4.31. The molecule has 0 aliphatic rings. The molecule has 0 aliphatic carbocycles. The lowest BCUT2D eigenvalue weighted by atomic mass is 10.8. The molecule has 0 spiro atoms. The molecule has 56 valence electrons. The van der Waals surface area contributed by atoms with E-state index < -0.39 is 7.82 Å². The van der Waals surface area contributed by atoms with Crippen molar-refractivity contribution in [3.05, 3.63) is 0 Å². The Kier molecular flexibility index (Phi) is 3.32. The van der Waals surface area contributed by atoms with Crippen molar-refractivity contribution in [3.63, 3.8) is 0 Å². The molecule has 0 saturated heterocycles. The highest BCUT2D eigenvalue weighted by Gasteiger charge is 2.16. The normalized spacial score (nSPS) is 12.6. The Morgan fingerprint density at radius 3 is 2.22 bits per heavy atom. The lowest BCUT2D eigenvalue weighted by Gasteiger charge is -2.13. The smallest absolute Gasteiger partial charge is 0.302 e. The van der Waals surface area contributed by atoms with E-state index in [1.807, 2.05) is 0 Å². The minimum Gasteiger partial charge on any atom is -0.302 e. The maximum absolute atomic E-state index is 10.0. The van der Waals surface area contributed by atoms with Crippen molar-refractivity contribution in [2.45, 2.75) is 6.92 Å². The van der Waals surface area contributed by atoms with E-state index in [0.29, 0.717) is 6.54 Å². The van der Waals surface area contributed by atoms with Gasteiger partial charge >= 0.3 is 7.82 Å². The van der Waals surface area contributed by atoms with Crippen molar-refractivity contribution in [2.24, 2.45) is 0 Å². The summed E-state index contributed by atoms with van der Waals surface area (Å²) in [6.45, 7) is 2.15. The molecule has 0 heterocycles. The second kappa shape index (κ2) is 3.29. The molecular weight excluding hydrogens is 145 g/mol. The number of hydrogen-bond donors (Lipinski definition) is 2. The summed E-state index contributed by atoms with van der Waals surface area (Å²) in [5.41, 5.74) is 0. The van der Waals surface area contributed by atoms with Gasteiger partial charge in [0.2, 0.25) is 0 Å². The van der Waals surface area contributed by atoms with Crippen molar-refractivity contribution in [2.75, 3.05) is 13.6 Å². The standard InChI is InChI=1S/C3H10NO4P/c1-3-4(2)8-9(5,6)7/h3H2,1-2H3,(H2,5,6,7). The molecule has 0 aromatic heterocycles. The van der Waals surface area contributed by atoms with Crippen LogP contribution in [0.25, 0.3) is 0 Å². The molecule has 6 heteroatoms. The van der Waals surface area contributed by atoms with E-state index in [1.165, 1.54) is 7.05 Å². The van der Waals surface area contributed by atoms with Crippen molar-refractivity contribution in [1.29, 1.82) is 0 Å². The first kappa shape index (κ1) is 9.07. The van der Waals surface area contributed by atoms with Gasteiger partial charge in [0, 0.05) is 13.6 Å². The Hall–Kier alpha value is 0.0700. The van der Waals surface area contributed by atoms with Crippen LogP contribution in [-0.4, -0.2) is 28.4 Å². The average Bonchev–Trinajstić information content (AvgIpc) is 1.62. The van der Waals surface area contributed by atoms with Gasteiger partial charge in [0.25, 0.3) is 0 Å². The highest BCUT2D eigenvalue weighted by Crippen LogP contribution is 2.36. The second-order valence-corrected chi connectivity index (χ2v) is 2.66. The van der Waals surface area contributed by atoms with Crippen molar-refractivity contribution in [3.8, 4) is 0 Å². The Morgan fingerprint density at radius 2 is 2.11 bits per heavy atom. The Bertz CT molecular complexity index is 121. The van der Waals surface area contributed by atoms with E-state index in [1.54, 1.807) is 6.92 Å². The van der Waals surface area contributed by atoms with Crippen molar-refractivity contribution >= 4 is 7.82 Å². The van der Waals surface area contributed by atoms with E-state index in [-0.39, 0.29) is 0 Å². The molecule has 0 bridgehead atoms. The van der Waals surface area contributed by atoms with Crippen LogP contribution in [0, 0.1) is 0 Å². The van der Waals surface area contributed by atoms with Gasteiger partial charge in [-0.1, -0.05) is 6.92 Å². The number of rotatable bonds is 3. The number of phosphoric acid groups is 1. The van der Waals surface area contributed by atoms with Crippen LogP contribution in [0.4, 0.5) is 0 Å². The van der Waals surface area contributed by atoms with Crippen LogP contribution >= 0.6 is 7.82 Å². The molecular formula is C3H10NO4P. The van der Waals surface area contributed by atoms with Gasteiger partial charge in [0.15, 0.2) is 0 Å². The monoisotopic (exact) mass is 155 g/mol. The molecule has 0 aromatic carbocycles. The fourth-order valence-electron chi connectivity index (χ4n) is 0.239. The highest BCUT2D eigenvalue weighted by atomic mass is 31.2. The molecule has 0 unspecified atom stereocenters. The second-order valence-electron chi connectivity index (χ2n) is 1.52. The summed E-state index contributed by atoms with van der Waals surface area (Å²) >= 11 is 0. The molecule has 0 amide bonds. The van der Waals surface area contributed by atoms with E-state index in [2.05, 4.69) is 4.62 Å². The Morgan fingerprint density at radius 1 is 1.67 bits per heavy atom. The Labute approximate surface area is 53.4 Å². The summed E-state index contributed by atoms with van der Waals surface area (Å²) in [7, 11) is -2.87. The molecule has 0 rings (SSSR count). The van der Waals surface area contributed by atoms with Crippen LogP contribution in [0.5, 0.6) is 0 Å². The van der Waals surface area contributed by atoms with Crippen LogP contribution in [0.15, 0.2) is 0 Å². The lowest BCUT2D eigenvalue weighted by Crippen LogP contribution is -2.16. The third-order valence-electron chi connectivity index (χ3n) is 0.691. The molecule has 0 atom stereocenters. The molecule has 0 aromatic rings. The van der Waals surface area contributed by atoms with Gasteiger partial charge in [-0.25, -0.2) is 4.57 Å². The first-order valence-corrected chi connectivity index (χ1v) is 3.95. The van der Waals surface area contributed by atoms with Gasteiger partial charge in [-0.15, -0.1) is 0 Å². The summed E-state index contributed by atoms with van der Waals surface area (Å²) < 4.78 is 14.1. The van der Waals surface area contributed by atoms with Crippen LogP contribution < -0.4 is 0 Å². The number of hydroxylamine groups is 2. The number of nitrogens with zero attached hydrogens (tertiary/aromatic N) is 1. The minimum absolute atomic E-state index is 0.436. The van der Waals surface area contributed by atoms with Gasteiger partial charge in [0.05, 0.1) is 0 Å². The third-order valence-corrected chi connectivity index (χ3v) is 1.18. The van der Waals surface area contributed by atoms with Gasteiger partial charge in [-0.05, 0) is 0 Å². The van der Waals surface area contributed by atoms with Crippen molar-refractivity contribution in [1.82, 2.24) is 5.06 Å². The predicted molar refractivity (Wildman–Crippen MR) is 31.4 cm³/mol. The van der Waals surface area contributed by atoms with Crippen LogP contribution in [0.2, 0.25) is 0 Å². The lowest BCUT2D eigenvalue weighted by molar-refractivity contribution is -0.0528. The van der Waals surface area contributed by atoms with Crippen molar-refractivity contribution < 1.29 is 19.0 Å². The Balaban J connectivity index is 3.60. The zero-order valence-corrected chi connectivity index (χ0v) is 6.21. The first-order chi connectivity index (χ1) is 3.95. The van der Waals surface area contributed by atoms with Crippen LogP contribution in [0.1, 0.15) is 6.92 Å². The zero-order valence-electron chi connectivity index (χ0n) is 5.31. The molecule has 0 fully saturated rings. The van der Waals surface area contributed by atoms with Gasteiger partial charge in [-0.2, -0.15) is 9.69 Å². The maximum atomic E-state index is 10.0. The molecule has 0 saturated carbocycles. The molecule has 0 aliphatic heterocycles. The number of hydrogen-bond acceptors (Lipinski definition) is 3.